The first-order valence-corrected chi connectivity index (χ1v) is 11.7. The van der Waals surface area contributed by atoms with Gasteiger partial charge in [-0.25, -0.2) is 4.98 Å². The van der Waals surface area contributed by atoms with Gasteiger partial charge in [-0.1, -0.05) is 18.3 Å². The van der Waals surface area contributed by atoms with E-state index in [2.05, 4.69) is 41.2 Å². The van der Waals surface area contributed by atoms with Gasteiger partial charge in [0.15, 0.2) is 5.13 Å². The molecule has 0 aromatic carbocycles. The van der Waals surface area contributed by atoms with E-state index in [1.54, 1.807) is 11.3 Å². The van der Waals surface area contributed by atoms with Crippen LogP contribution in [0.3, 0.4) is 0 Å². The summed E-state index contributed by atoms with van der Waals surface area (Å²) in [5, 5.41) is 4.14. The average Bonchev–Trinajstić information content (AvgIpc) is 3.43. The zero-order valence-electron chi connectivity index (χ0n) is 18.6. The molecule has 30 heavy (non-hydrogen) atoms. The molecule has 0 bridgehead atoms. The number of hydrogen-bond acceptors (Lipinski definition) is 6. The van der Waals surface area contributed by atoms with Crippen molar-refractivity contribution in [2.45, 2.75) is 66.2 Å². The highest BCUT2D eigenvalue weighted by molar-refractivity contribution is 7.19. The predicted octanol–water partition coefficient (Wildman–Crippen LogP) is 4.10. The molecule has 1 aliphatic carbocycles. The van der Waals surface area contributed by atoms with Crippen molar-refractivity contribution in [3.05, 3.63) is 29.2 Å². The molecule has 3 heterocycles. The molecule has 2 aromatic heterocycles. The second-order valence-electron chi connectivity index (χ2n) is 8.92. The molecule has 3 atom stereocenters. The molecule has 1 amide bonds. The highest BCUT2D eigenvalue weighted by atomic mass is 32.1. The Morgan fingerprint density at radius 2 is 1.83 bits per heavy atom. The number of carbonyl (C=O) groups is 1. The van der Waals surface area contributed by atoms with Gasteiger partial charge in [-0.3, -0.25) is 9.78 Å². The number of pyridine rings is 1. The lowest BCUT2D eigenvalue weighted by Gasteiger charge is -2.35. The Morgan fingerprint density at radius 3 is 2.43 bits per heavy atom. The van der Waals surface area contributed by atoms with E-state index in [0.29, 0.717) is 12.5 Å². The van der Waals surface area contributed by atoms with Gasteiger partial charge >= 0.3 is 0 Å². The average molecular weight is 429 g/mol. The first-order chi connectivity index (χ1) is 14.3. The van der Waals surface area contributed by atoms with Crippen LogP contribution in [-0.4, -0.2) is 41.2 Å². The van der Waals surface area contributed by atoms with E-state index >= 15 is 0 Å². The normalized spacial score (nSPS) is 22.8. The molecule has 0 spiro atoms. The fourth-order valence-corrected chi connectivity index (χ4v) is 5.35. The minimum atomic E-state index is 0.0814. The van der Waals surface area contributed by atoms with Crippen LogP contribution < -0.4 is 10.2 Å². The van der Waals surface area contributed by atoms with E-state index in [9.17, 15) is 4.79 Å². The van der Waals surface area contributed by atoms with Crippen LogP contribution in [0.4, 0.5) is 5.13 Å². The van der Waals surface area contributed by atoms with Crippen LogP contribution in [0.25, 0.3) is 10.4 Å². The number of amides is 1. The molecular formula is C23H32N4O2S. The van der Waals surface area contributed by atoms with E-state index in [-0.39, 0.29) is 24.0 Å². The van der Waals surface area contributed by atoms with E-state index in [0.717, 1.165) is 45.7 Å². The summed E-state index contributed by atoms with van der Waals surface area (Å²) in [6, 6.07) is 4.21. The molecule has 2 fully saturated rings. The Hall–Kier alpha value is -1.99. The van der Waals surface area contributed by atoms with Gasteiger partial charge in [-0.05, 0) is 64.2 Å². The van der Waals surface area contributed by atoms with Crippen molar-refractivity contribution in [1.29, 1.82) is 0 Å². The molecule has 162 valence electrons. The SMILES string of the molecule is Cc1cc(-c2sc(N3C[C@@H](C)O[C@@H](C)C3)nc2CNC(=O)C(C)C2CC2)cc(C)n1. The van der Waals surface area contributed by atoms with Crippen molar-refractivity contribution in [3.8, 4) is 10.4 Å². The Bertz CT molecular complexity index is 894. The quantitative estimate of drug-likeness (QED) is 0.750. The summed E-state index contributed by atoms with van der Waals surface area (Å²) in [5.74, 6) is 0.768. The van der Waals surface area contributed by atoms with E-state index in [1.165, 1.54) is 12.8 Å². The van der Waals surface area contributed by atoms with Crippen molar-refractivity contribution < 1.29 is 9.53 Å². The Balaban J connectivity index is 1.62. The number of ether oxygens (including phenoxy) is 1. The second kappa shape index (κ2) is 8.63. The summed E-state index contributed by atoms with van der Waals surface area (Å²) in [4.78, 5) is 25.5. The zero-order chi connectivity index (χ0) is 21.4. The molecule has 1 saturated carbocycles. The topological polar surface area (TPSA) is 67.3 Å². The van der Waals surface area contributed by atoms with Crippen LogP contribution in [-0.2, 0) is 16.1 Å². The number of anilines is 1. The molecule has 7 heteroatoms. The summed E-state index contributed by atoms with van der Waals surface area (Å²) in [6.07, 6.45) is 2.69. The van der Waals surface area contributed by atoms with Crippen LogP contribution in [0, 0.1) is 25.7 Å². The summed E-state index contributed by atoms with van der Waals surface area (Å²) in [5.41, 5.74) is 4.04. The molecule has 4 rings (SSSR count). The van der Waals surface area contributed by atoms with E-state index in [1.807, 2.05) is 20.8 Å². The van der Waals surface area contributed by atoms with Crippen molar-refractivity contribution in [3.63, 3.8) is 0 Å². The number of nitrogens with zero attached hydrogens (tertiary/aromatic N) is 3. The lowest BCUT2D eigenvalue weighted by atomic mass is 10.1. The first-order valence-electron chi connectivity index (χ1n) is 10.9. The van der Waals surface area contributed by atoms with Crippen LogP contribution in [0.15, 0.2) is 12.1 Å². The number of aryl methyl sites for hydroxylation is 2. The Morgan fingerprint density at radius 1 is 1.20 bits per heavy atom. The maximum atomic E-state index is 12.6. The molecule has 2 aliphatic rings. The van der Waals surface area contributed by atoms with Crippen molar-refractivity contribution >= 4 is 22.4 Å². The first kappa shape index (κ1) is 21.2. The third kappa shape index (κ3) is 4.83. The number of rotatable bonds is 6. The van der Waals surface area contributed by atoms with Crippen molar-refractivity contribution in [2.75, 3.05) is 18.0 Å². The minimum Gasteiger partial charge on any atom is -0.372 e. The molecule has 1 aliphatic heterocycles. The molecule has 2 aromatic rings. The van der Waals surface area contributed by atoms with Crippen LogP contribution in [0.5, 0.6) is 0 Å². The standard InChI is InChI=1S/C23H32N4O2S/c1-13-8-19(9-14(2)25-13)21-20(10-24-22(28)17(5)18-6-7-18)26-23(30-21)27-11-15(3)29-16(4)12-27/h8-9,15-18H,6-7,10-12H2,1-5H3,(H,24,28)/t15-,16+,17?. The molecule has 0 radical (unpaired) electrons. The smallest absolute Gasteiger partial charge is 0.223 e. The zero-order valence-corrected chi connectivity index (χ0v) is 19.4. The monoisotopic (exact) mass is 428 g/mol. The second-order valence-corrected chi connectivity index (χ2v) is 9.89. The van der Waals surface area contributed by atoms with Gasteiger partial charge in [-0.15, -0.1) is 0 Å². The summed E-state index contributed by atoms with van der Waals surface area (Å²) >= 11 is 1.70. The molecule has 1 N–H and O–H groups in total. The van der Waals surface area contributed by atoms with Gasteiger partial charge in [0.2, 0.25) is 5.91 Å². The van der Waals surface area contributed by atoms with Crippen LogP contribution >= 0.6 is 11.3 Å². The summed E-state index contributed by atoms with van der Waals surface area (Å²) in [6.45, 7) is 12.4. The van der Waals surface area contributed by atoms with Crippen molar-refractivity contribution in [2.24, 2.45) is 11.8 Å². The Kier molecular flexibility index (Phi) is 6.11. The van der Waals surface area contributed by atoms with E-state index < -0.39 is 0 Å². The number of nitrogens with one attached hydrogen (secondary N) is 1. The highest BCUT2D eigenvalue weighted by Gasteiger charge is 2.33. The van der Waals surface area contributed by atoms with Crippen LogP contribution in [0.1, 0.15) is 50.7 Å². The summed E-state index contributed by atoms with van der Waals surface area (Å²) < 4.78 is 5.89. The van der Waals surface area contributed by atoms with Crippen molar-refractivity contribution in [1.82, 2.24) is 15.3 Å². The van der Waals surface area contributed by atoms with Gasteiger partial charge in [-0.2, -0.15) is 0 Å². The Labute approximate surface area is 183 Å². The third-order valence-electron chi connectivity index (χ3n) is 5.89. The van der Waals surface area contributed by atoms with Gasteiger partial charge in [0.25, 0.3) is 0 Å². The number of morpholine rings is 1. The maximum absolute atomic E-state index is 12.6. The van der Waals surface area contributed by atoms with E-state index in [4.69, 9.17) is 9.72 Å². The van der Waals surface area contributed by atoms with Gasteiger partial charge < -0.3 is 15.0 Å². The number of hydrogen-bond donors (Lipinski definition) is 1. The lowest BCUT2D eigenvalue weighted by molar-refractivity contribution is -0.125. The largest absolute Gasteiger partial charge is 0.372 e. The number of aromatic nitrogens is 2. The number of thiazole rings is 1. The highest BCUT2D eigenvalue weighted by Crippen LogP contribution is 2.38. The van der Waals surface area contributed by atoms with Gasteiger partial charge in [0.1, 0.15) is 0 Å². The van der Waals surface area contributed by atoms with Gasteiger partial charge in [0, 0.05) is 30.4 Å². The summed E-state index contributed by atoms with van der Waals surface area (Å²) in [7, 11) is 0. The molecule has 1 saturated heterocycles. The number of carbonyl (C=O) groups excluding carboxylic acids is 1. The lowest BCUT2D eigenvalue weighted by Crippen LogP contribution is -2.45. The fourth-order valence-electron chi connectivity index (χ4n) is 4.26. The fraction of sp³-hybridized carbons (Fsp3) is 0.609. The van der Waals surface area contributed by atoms with Crippen LogP contribution in [0.2, 0.25) is 0 Å². The predicted molar refractivity (Wildman–Crippen MR) is 121 cm³/mol. The van der Waals surface area contributed by atoms with Gasteiger partial charge in [0.05, 0.1) is 29.3 Å². The molecule has 6 nitrogen and oxygen atoms in total. The molecule has 1 unspecified atom stereocenters. The molecular weight excluding hydrogens is 396 g/mol. The maximum Gasteiger partial charge on any atom is 0.223 e. The minimum absolute atomic E-state index is 0.0814. The third-order valence-corrected chi connectivity index (χ3v) is 7.10.